The Morgan fingerprint density at radius 2 is 1.97 bits per heavy atom. The summed E-state index contributed by atoms with van der Waals surface area (Å²) in [6.45, 7) is 2.71. The van der Waals surface area contributed by atoms with Gasteiger partial charge in [0, 0.05) is 12.6 Å². The molecule has 0 amide bonds. The number of methoxy groups -OCH3 is 1. The monoisotopic (exact) mass is 505 g/mol. The van der Waals surface area contributed by atoms with Crippen molar-refractivity contribution in [3.05, 3.63) is 69.7 Å². The van der Waals surface area contributed by atoms with Gasteiger partial charge in [-0.2, -0.15) is 0 Å². The van der Waals surface area contributed by atoms with Crippen molar-refractivity contribution in [1.29, 1.82) is 0 Å². The molecule has 0 saturated heterocycles. The number of tetrazole rings is 1. The number of aliphatic carboxylic acids is 1. The molecule has 0 spiro atoms. The average Bonchev–Trinajstić information content (AvgIpc) is 3.23. The Morgan fingerprint density at radius 1 is 1.25 bits per heavy atom. The van der Waals surface area contributed by atoms with Crippen molar-refractivity contribution in [2.75, 3.05) is 7.11 Å². The Balaban J connectivity index is 2.04. The molecular weight excluding hydrogens is 481 g/mol. The maximum atomic E-state index is 13.5. The number of aromatic nitrogens is 4. The number of aryl methyl sites for hydroxylation is 1. The fourth-order valence-corrected chi connectivity index (χ4v) is 3.97. The van der Waals surface area contributed by atoms with E-state index in [1.165, 1.54) is 12.1 Å². The van der Waals surface area contributed by atoms with E-state index >= 15 is 0 Å². The summed E-state index contributed by atoms with van der Waals surface area (Å²) < 4.78 is 21.3. The van der Waals surface area contributed by atoms with Gasteiger partial charge in [-0.25, -0.2) is 9.07 Å². The fraction of sp³-hybridized carbons (Fsp3) is 0.364. The molecule has 0 saturated carbocycles. The molecule has 1 heterocycles. The molecule has 0 aliphatic rings. The van der Waals surface area contributed by atoms with Crippen LogP contribution < -0.4 is 10.1 Å². The highest BCUT2D eigenvalue weighted by Gasteiger charge is 2.27. The van der Waals surface area contributed by atoms with E-state index in [1.807, 2.05) is 18.2 Å². The molecule has 1 aromatic heterocycles. The van der Waals surface area contributed by atoms with Gasteiger partial charge < -0.3 is 9.84 Å². The molecule has 0 radical (unpaired) electrons. The van der Waals surface area contributed by atoms with Crippen molar-refractivity contribution in [1.82, 2.24) is 25.5 Å². The Kier molecular flexibility index (Phi) is 8.29. The molecule has 10 heteroatoms. The molecule has 0 aliphatic carbocycles. The first-order valence-corrected chi connectivity index (χ1v) is 11.0. The highest BCUT2D eigenvalue weighted by atomic mass is 79.9. The van der Waals surface area contributed by atoms with Crippen LogP contribution in [0, 0.1) is 5.82 Å². The van der Waals surface area contributed by atoms with Gasteiger partial charge in [0.2, 0.25) is 0 Å². The Bertz CT molecular complexity index is 1040. The van der Waals surface area contributed by atoms with Crippen LogP contribution in [0.1, 0.15) is 55.2 Å². The molecule has 0 fully saturated rings. The molecule has 170 valence electrons. The van der Waals surface area contributed by atoms with Crippen LogP contribution in [0.2, 0.25) is 0 Å². The molecule has 8 nitrogen and oxygen atoms in total. The van der Waals surface area contributed by atoms with E-state index in [9.17, 15) is 14.3 Å². The van der Waals surface area contributed by atoms with E-state index < -0.39 is 18.1 Å². The van der Waals surface area contributed by atoms with Crippen LogP contribution >= 0.6 is 15.9 Å². The number of unbranched alkanes of at least 4 members (excludes halogenated alkanes) is 1. The standard InChI is InChI=1S/C22H25BrFN5O3/c1-3-4-11-29-22(26-27-28-29)21(15-7-10-19(32-2)17(23)12-15)25-18(13-20(30)31)14-5-8-16(24)9-6-14/h5-10,12,18,21,25H,3-4,11,13H2,1-2H3,(H,30,31). The summed E-state index contributed by atoms with van der Waals surface area (Å²) in [7, 11) is 1.58. The van der Waals surface area contributed by atoms with Gasteiger partial charge in [-0.1, -0.05) is 31.5 Å². The Labute approximate surface area is 193 Å². The lowest BCUT2D eigenvalue weighted by Gasteiger charge is -2.25. The van der Waals surface area contributed by atoms with Crippen molar-refractivity contribution < 1.29 is 19.0 Å². The number of carboxylic acids is 1. The van der Waals surface area contributed by atoms with E-state index in [0.717, 1.165) is 22.9 Å². The number of halogens is 2. The minimum absolute atomic E-state index is 0.198. The lowest BCUT2D eigenvalue weighted by atomic mass is 9.99. The lowest BCUT2D eigenvalue weighted by Crippen LogP contribution is -2.31. The number of carbonyl (C=O) groups is 1. The third kappa shape index (κ3) is 5.89. The summed E-state index contributed by atoms with van der Waals surface area (Å²) in [6.07, 6.45) is 1.67. The van der Waals surface area contributed by atoms with Crippen LogP contribution in [-0.2, 0) is 11.3 Å². The van der Waals surface area contributed by atoms with E-state index in [2.05, 4.69) is 43.7 Å². The number of nitrogens with one attached hydrogen (secondary N) is 1. The lowest BCUT2D eigenvalue weighted by molar-refractivity contribution is -0.137. The number of carboxylic acid groups (broad SMARTS) is 1. The summed E-state index contributed by atoms with van der Waals surface area (Å²) in [6, 6.07) is 10.3. The van der Waals surface area contributed by atoms with Crippen LogP contribution in [0.15, 0.2) is 46.9 Å². The van der Waals surface area contributed by atoms with Gasteiger partial charge in [0.1, 0.15) is 11.6 Å². The molecule has 2 unspecified atom stereocenters. The molecule has 0 aliphatic heterocycles. The van der Waals surface area contributed by atoms with Crippen molar-refractivity contribution >= 4 is 21.9 Å². The van der Waals surface area contributed by atoms with Crippen LogP contribution in [0.25, 0.3) is 0 Å². The summed E-state index contributed by atoms with van der Waals surface area (Å²) in [5, 5.41) is 25.1. The largest absolute Gasteiger partial charge is 0.496 e. The topological polar surface area (TPSA) is 102 Å². The molecule has 2 atom stereocenters. The molecule has 32 heavy (non-hydrogen) atoms. The Morgan fingerprint density at radius 3 is 2.59 bits per heavy atom. The number of benzene rings is 2. The molecular formula is C22H25BrFN5O3. The highest BCUT2D eigenvalue weighted by Crippen LogP contribution is 2.32. The van der Waals surface area contributed by atoms with Gasteiger partial charge in [-0.15, -0.1) is 5.10 Å². The summed E-state index contributed by atoms with van der Waals surface area (Å²) in [5.74, 6) is -0.138. The quantitative estimate of drug-likeness (QED) is 0.400. The van der Waals surface area contributed by atoms with Crippen molar-refractivity contribution in [2.24, 2.45) is 0 Å². The minimum Gasteiger partial charge on any atom is -0.496 e. The van der Waals surface area contributed by atoms with Crippen LogP contribution in [0.3, 0.4) is 0 Å². The number of rotatable bonds is 11. The predicted octanol–water partition coefficient (Wildman–Crippen LogP) is 4.28. The highest BCUT2D eigenvalue weighted by molar-refractivity contribution is 9.10. The smallest absolute Gasteiger partial charge is 0.305 e. The Hall–Kier alpha value is -2.85. The van der Waals surface area contributed by atoms with Crippen molar-refractivity contribution in [2.45, 2.75) is 44.8 Å². The number of nitrogens with zero attached hydrogens (tertiary/aromatic N) is 4. The first-order chi connectivity index (χ1) is 15.4. The van der Waals surface area contributed by atoms with E-state index in [0.29, 0.717) is 23.7 Å². The second-order valence-corrected chi connectivity index (χ2v) is 8.16. The summed E-state index contributed by atoms with van der Waals surface area (Å²) in [5.41, 5.74) is 1.47. The molecule has 2 N–H and O–H groups in total. The normalized spacial score (nSPS) is 13.0. The summed E-state index contributed by atoms with van der Waals surface area (Å²) in [4.78, 5) is 11.6. The third-order valence-corrected chi connectivity index (χ3v) is 5.69. The second-order valence-electron chi connectivity index (χ2n) is 7.31. The predicted molar refractivity (Wildman–Crippen MR) is 120 cm³/mol. The first-order valence-electron chi connectivity index (χ1n) is 10.3. The average molecular weight is 506 g/mol. The number of hydrogen-bond donors (Lipinski definition) is 2. The van der Waals surface area contributed by atoms with Gasteiger partial charge in [-0.05, 0) is 68.2 Å². The van der Waals surface area contributed by atoms with Crippen molar-refractivity contribution in [3.63, 3.8) is 0 Å². The van der Waals surface area contributed by atoms with Crippen LogP contribution in [0.5, 0.6) is 5.75 Å². The van der Waals surface area contributed by atoms with E-state index in [-0.39, 0.29) is 12.2 Å². The van der Waals surface area contributed by atoms with Crippen LogP contribution in [0.4, 0.5) is 4.39 Å². The summed E-state index contributed by atoms with van der Waals surface area (Å²) >= 11 is 3.51. The SMILES string of the molecule is CCCCn1nnnc1C(NC(CC(=O)O)c1ccc(F)cc1)c1ccc(OC)c(Br)c1. The molecule has 0 bridgehead atoms. The van der Waals surface area contributed by atoms with Gasteiger partial charge >= 0.3 is 5.97 Å². The van der Waals surface area contributed by atoms with Crippen LogP contribution in [-0.4, -0.2) is 38.4 Å². The van der Waals surface area contributed by atoms with Gasteiger partial charge in [0.15, 0.2) is 5.82 Å². The molecule has 2 aromatic carbocycles. The fourth-order valence-electron chi connectivity index (χ4n) is 3.41. The van der Waals surface area contributed by atoms with Gasteiger partial charge in [-0.3, -0.25) is 10.1 Å². The second kappa shape index (κ2) is 11.1. The third-order valence-electron chi connectivity index (χ3n) is 5.07. The minimum atomic E-state index is -0.980. The number of ether oxygens (including phenoxy) is 1. The zero-order valence-corrected chi connectivity index (χ0v) is 19.4. The zero-order chi connectivity index (χ0) is 23.1. The van der Waals surface area contributed by atoms with E-state index in [4.69, 9.17) is 4.74 Å². The first kappa shape index (κ1) is 23.8. The van der Waals surface area contributed by atoms with Crippen molar-refractivity contribution in [3.8, 4) is 5.75 Å². The van der Waals surface area contributed by atoms with E-state index in [1.54, 1.807) is 23.9 Å². The molecule has 3 rings (SSSR count). The maximum Gasteiger partial charge on any atom is 0.305 e. The number of hydrogen-bond acceptors (Lipinski definition) is 6. The molecule has 3 aromatic rings. The maximum absolute atomic E-state index is 13.5. The van der Waals surface area contributed by atoms with Gasteiger partial charge in [0.25, 0.3) is 0 Å². The van der Waals surface area contributed by atoms with Gasteiger partial charge in [0.05, 0.1) is 24.0 Å². The zero-order valence-electron chi connectivity index (χ0n) is 17.8.